The van der Waals surface area contributed by atoms with Gasteiger partial charge in [-0.25, -0.2) is 50.5 Å². The zero-order valence-corrected chi connectivity index (χ0v) is 80.1. The Morgan fingerprint density at radius 1 is 0.452 bits per heavy atom. The molecule has 6 aromatic rings. The van der Waals surface area contributed by atoms with Crippen LogP contribution in [0.2, 0.25) is 0 Å². The van der Waals surface area contributed by atoms with Crippen LogP contribution in [0.3, 0.4) is 0 Å². The number of carbonyl (C=O) groups is 2. The number of nitrogens with two attached hydrogens (primary N) is 1. The summed E-state index contributed by atoms with van der Waals surface area (Å²) in [4.78, 5) is 25.0. The van der Waals surface area contributed by atoms with Gasteiger partial charge in [0.05, 0.1) is 43.0 Å². The average Bonchev–Trinajstić information content (AvgIpc) is 0.858. The number of alkyl halides is 2. The number of ether oxygens (including phenoxy) is 1. The van der Waals surface area contributed by atoms with Crippen LogP contribution in [0.1, 0.15) is 124 Å². The molecule has 0 heterocycles. The molecule has 42 heteroatoms. The van der Waals surface area contributed by atoms with E-state index in [9.17, 15) is 55.3 Å². The van der Waals surface area contributed by atoms with Gasteiger partial charge in [0.1, 0.15) is 0 Å². The van der Waals surface area contributed by atoms with E-state index >= 15 is 0 Å². The number of amides is 1. The molecule has 6 aromatic carbocycles. The van der Waals surface area contributed by atoms with E-state index in [1.807, 2.05) is 99.2 Å². The van der Waals surface area contributed by atoms with Gasteiger partial charge >= 0.3 is 29.6 Å². The van der Waals surface area contributed by atoms with Crippen LogP contribution in [0, 0.1) is 0 Å². The zero-order chi connectivity index (χ0) is 86.6. The maximum Gasteiger partial charge on any atom is 1.00 e. The standard InChI is InChI=1S/C12H18N2O3S.C12H20N2O2S.C11H16BrNO2S.C11H16N4O2S.C11H18N2O2S.C7H6BrClO2S.C4H11N.C2H4O2.C2H6S.CH4.B.N3.Na/c1-3-14(4-2)18(16,17)12-7-5-11(6-8-12)9-13-10-15;1-4-14(5-2)17(15,16)12-8-6-11(7-9-12)10-13-3;1-3-13(4-2)16(14,15)11-7-5-10(9-12)6-8-11;1-3-15(4-2)18(16,17)11-7-5-10(6-8-11)9-13-14-12;1-3-13(4-2)16(14,15)11-7-5-10(9-12)6-8-11;8-5-6-1-3-7(4-2-6)12(9,10)11;1-3-5-4-2;1-4-2-3;1-3-2;;;1-3-2;/h5-8,10H,3-4,9H2,1-2H3,(H,13,15);6-9,13H,4-5,10H2,1-3H3;5-8H,3-4,9H2,1-2H3;5-8H,3-4,9H2,1-2H3;5-8H,3-4,9,12H2,1-2H3;1-4H,5H2;5H,3-4H2,1-2H3;2H,1H3;1-2H3;1H4;;;/q;;;;;;;;;;;-1;+1. The van der Waals surface area contributed by atoms with E-state index < -0.39 is 59.2 Å². The number of nitrogens with one attached hydrogen (secondary N) is 3. The smallest absolute Gasteiger partial charge is 0.471 e. The molecule has 0 spiro atoms. The number of halogens is 3. The number of methoxy groups -OCH3 is 1. The summed E-state index contributed by atoms with van der Waals surface area (Å²) in [5.74, 6) is 0. The average molecular weight is 1900 g/mol. The van der Waals surface area contributed by atoms with E-state index in [4.69, 9.17) is 37.8 Å². The molecular weight excluding hydrogens is 1780 g/mol. The molecule has 0 saturated heterocycles. The van der Waals surface area contributed by atoms with Crippen molar-refractivity contribution in [2.75, 3.05) is 105 Å². The number of sulfonamides is 5. The predicted molar refractivity (Wildman–Crippen MR) is 473 cm³/mol. The van der Waals surface area contributed by atoms with Crippen molar-refractivity contribution in [1.82, 2.24) is 37.5 Å². The van der Waals surface area contributed by atoms with E-state index in [2.05, 4.69) is 76.4 Å². The Hall–Kier alpha value is -5.08. The number of carbonyl (C=O) groups excluding carboxylic acids is 2. The van der Waals surface area contributed by atoms with Crippen LogP contribution >= 0.6 is 54.3 Å². The first-order valence-corrected chi connectivity index (χ1v) is 48.6. The predicted octanol–water partition coefficient (Wildman–Crippen LogP) is 10.7. The fourth-order valence-electron chi connectivity index (χ4n) is 8.90. The van der Waals surface area contributed by atoms with Crippen molar-refractivity contribution >= 4 is 135 Å². The van der Waals surface area contributed by atoms with Crippen molar-refractivity contribution in [3.63, 3.8) is 0 Å². The van der Waals surface area contributed by atoms with Gasteiger partial charge in [0, 0.05) is 120 Å². The van der Waals surface area contributed by atoms with E-state index in [-0.39, 0.29) is 66.6 Å². The van der Waals surface area contributed by atoms with Gasteiger partial charge < -0.3 is 37.5 Å². The van der Waals surface area contributed by atoms with Gasteiger partial charge in [-0.2, -0.15) is 33.3 Å². The van der Waals surface area contributed by atoms with Crippen LogP contribution in [0.5, 0.6) is 0 Å². The molecule has 6 rings (SSSR count). The minimum atomic E-state index is -3.57. The Morgan fingerprint density at radius 2 is 0.670 bits per heavy atom. The largest absolute Gasteiger partial charge is 1.00 e. The Labute approximate surface area is 737 Å². The zero-order valence-electron chi connectivity index (χ0n) is 68.4. The van der Waals surface area contributed by atoms with Crippen molar-refractivity contribution < 1.29 is 94.4 Å². The van der Waals surface area contributed by atoms with Gasteiger partial charge in [0.2, 0.25) is 56.5 Å². The van der Waals surface area contributed by atoms with Gasteiger partial charge in [0.25, 0.3) is 15.5 Å². The minimum Gasteiger partial charge on any atom is -0.471 e. The fraction of sp³-hybridized carbons (Fsp3) is 0.479. The molecule has 0 aliphatic rings. The summed E-state index contributed by atoms with van der Waals surface area (Å²) in [6, 6.07) is 40.0. The van der Waals surface area contributed by atoms with Crippen molar-refractivity contribution in [3.8, 4) is 0 Å². The number of thioether (sulfide) groups is 1. The van der Waals surface area contributed by atoms with Crippen LogP contribution < -0.4 is 51.2 Å². The first-order valence-electron chi connectivity index (χ1n) is 35.2. The molecule has 5 N–H and O–H groups in total. The molecular formula is C73H119BBr2ClN15NaO15S7. The number of azide groups is 1. The molecule has 0 aliphatic heterocycles. The Bertz CT molecular complexity index is 4230. The Balaban J connectivity index is -0.000000234. The molecule has 115 heavy (non-hydrogen) atoms. The third kappa shape index (κ3) is 48.1. The van der Waals surface area contributed by atoms with E-state index in [0.717, 1.165) is 58.3 Å². The molecule has 30 nitrogen and oxygen atoms in total. The number of hydrogen-bond acceptors (Lipinski definition) is 20. The first-order chi connectivity index (χ1) is 53.0. The summed E-state index contributed by atoms with van der Waals surface area (Å²) >= 11 is 8.33. The topological polar surface area (TPSA) is 434 Å². The van der Waals surface area contributed by atoms with E-state index in [1.165, 1.54) is 57.8 Å². The SMILES string of the molecule is C.CCN(CC)S(=O)(=O)c1ccc(CBr)cc1.CCN(CC)S(=O)(=O)c1ccc(CN)cc1.CCN(CC)S(=O)(=O)c1ccc(CN=[N+]=[N-])cc1.CCN(CC)S(=O)(=O)c1ccc(CNC)cc1.CCN(CC)S(=O)(=O)c1ccc(CNC=O)cc1.CCNCC.COC=O.CSC.O=S(=O)(Cl)c1ccc(CBr)cc1.[B].[N-]=[N+]=[N-].[Na+]. The van der Waals surface area contributed by atoms with Crippen LogP contribution in [0.15, 0.2) is 180 Å². The summed E-state index contributed by atoms with van der Waals surface area (Å²) in [5.41, 5.74) is 32.9. The maximum absolute atomic E-state index is 12.2. The molecule has 0 aliphatic carbocycles. The van der Waals surface area contributed by atoms with Crippen LogP contribution in [-0.4, -0.2) is 199 Å². The molecule has 0 fully saturated rings. The third-order valence-corrected chi connectivity index (χ3v) is 27.8. The number of nitrogens with zero attached hydrogens (tertiary/aromatic N) is 11. The quantitative estimate of drug-likeness (QED) is 0.00554. The van der Waals surface area contributed by atoms with Crippen molar-refractivity contribution in [1.29, 1.82) is 0 Å². The second-order valence-corrected chi connectivity index (χ2v) is 36.1. The summed E-state index contributed by atoms with van der Waals surface area (Å²) < 4.78 is 154. The molecule has 0 atom stereocenters. The number of benzene rings is 6. The van der Waals surface area contributed by atoms with Gasteiger partial charge in [-0.15, -0.1) is 0 Å². The van der Waals surface area contributed by atoms with E-state index in [0.29, 0.717) is 111 Å². The number of rotatable bonds is 34. The summed E-state index contributed by atoms with van der Waals surface area (Å²) in [6.45, 7) is 31.6. The van der Waals surface area contributed by atoms with Gasteiger partial charge in [-0.3, -0.25) is 14.5 Å². The number of hydrogen-bond donors (Lipinski definition) is 4. The molecule has 643 valence electrons. The Morgan fingerprint density at radius 3 is 0.843 bits per heavy atom. The Kier molecular flexibility index (Phi) is 75.7. The normalized spacial score (nSPS) is 10.7. The summed E-state index contributed by atoms with van der Waals surface area (Å²) in [6.07, 6.45) is 4.69. The van der Waals surface area contributed by atoms with Crippen LogP contribution in [0.4, 0.5) is 0 Å². The van der Waals surface area contributed by atoms with Gasteiger partial charge in [-0.05, 0) is 144 Å². The van der Waals surface area contributed by atoms with Crippen molar-refractivity contribution in [2.45, 2.75) is 157 Å². The van der Waals surface area contributed by atoms with Crippen molar-refractivity contribution in [3.05, 3.63) is 205 Å². The van der Waals surface area contributed by atoms with Gasteiger partial charge in [-0.1, -0.05) is 200 Å². The molecule has 0 saturated carbocycles. The molecule has 1 amide bonds. The molecule has 0 aromatic heterocycles. The third-order valence-electron chi connectivity index (χ3n) is 14.8. The first kappa shape index (κ1) is 123. The monoisotopic (exact) mass is 1900 g/mol. The van der Waals surface area contributed by atoms with Crippen LogP contribution in [0.25, 0.3) is 26.4 Å². The summed E-state index contributed by atoms with van der Waals surface area (Å²) in [7, 11) is -12.0. The van der Waals surface area contributed by atoms with Gasteiger partial charge in [0.15, 0.2) is 0 Å². The van der Waals surface area contributed by atoms with Crippen LogP contribution in [-0.2, 0) is 110 Å². The summed E-state index contributed by atoms with van der Waals surface area (Å²) in [5, 5.41) is 13.5. The maximum atomic E-state index is 12.2. The molecule has 0 unspecified atom stereocenters. The van der Waals surface area contributed by atoms with E-state index in [1.54, 1.807) is 123 Å². The fourth-order valence-corrected chi connectivity index (χ4v) is 17.7. The minimum absolute atomic E-state index is 0. The molecule has 3 radical (unpaired) electrons. The molecule has 0 bridgehead atoms. The second-order valence-electron chi connectivity index (χ2n) is 21.9. The van der Waals surface area contributed by atoms with Crippen molar-refractivity contribution in [2.24, 2.45) is 10.8 Å². The second kappa shape index (κ2) is 70.7.